The molecule has 0 atom stereocenters. The lowest BCUT2D eigenvalue weighted by Crippen LogP contribution is -2.37. The van der Waals surface area contributed by atoms with Gasteiger partial charge in [-0.2, -0.15) is 0 Å². The van der Waals surface area contributed by atoms with Gasteiger partial charge in [0.1, 0.15) is 0 Å². The summed E-state index contributed by atoms with van der Waals surface area (Å²) >= 11 is 0. The normalized spacial score (nSPS) is 12.1. The van der Waals surface area contributed by atoms with Gasteiger partial charge in [-0.05, 0) is 12.1 Å². The summed E-state index contributed by atoms with van der Waals surface area (Å²) in [5.74, 6) is 0. The monoisotopic (exact) mass is 221 g/mol. The molecular formula is C11H19N3Si. The molecule has 0 saturated carbocycles. The van der Waals surface area contributed by atoms with E-state index in [4.69, 9.17) is 0 Å². The number of hydrogen-bond acceptors (Lipinski definition) is 2. The summed E-state index contributed by atoms with van der Waals surface area (Å²) < 4.78 is 0. The first kappa shape index (κ1) is 11.9. The highest BCUT2D eigenvalue weighted by molar-refractivity contribution is 6.88. The topological polar surface area (TPSA) is 28.0 Å². The largest absolute Gasteiger partial charge is 0.285 e. The molecule has 1 rings (SSSR count). The van der Waals surface area contributed by atoms with Crippen molar-refractivity contribution in [3.63, 3.8) is 0 Å². The first-order chi connectivity index (χ1) is 6.89. The molecule has 82 valence electrons. The van der Waals surface area contributed by atoms with Crippen molar-refractivity contribution < 1.29 is 0 Å². The van der Waals surface area contributed by atoms with Gasteiger partial charge < -0.3 is 0 Å². The SMILES string of the molecule is CN(C)N=Nc1ccc([Si](C)(C)C)cc1. The maximum absolute atomic E-state index is 4.10. The van der Waals surface area contributed by atoms with Crippen molar-refractivity contribution >= 4 is 18.9 Å². The second kappa shape index (κ2) is 4.57. The van der Waals surface area contributed by atoms with E-state index in [-0.39, 0.29) is 0 Å². The van der Waals surface area contributed by atoms with Crippen LogP contribution in [0.4, 0.5) is 5.69 Å². The summed E-state index contributed by atoms with van der Waals surface area (Å²) in [5.41, 5.74) is 0.908. The third-order valence-corrected chi connectivity index (χ3v) is 4.14. The molecule has 4 heteroatoms. The van der Waals surface area contributed by atoms with Crippen molar-refractivity contribution in [1.29, 1.82) is 0 Å². The lowest BCUT2D eigenvalue weighted by atomic mass is 10.3. The van der Waals surface area contributed by atoms with Gasteiger partial charge in [0.25, 0.3) is 0 Å². The van der Waals surface area contributed by atoms with Gasteiger partial charge in [-0.25, -0.2) is 0 Å². The molecule has 1 aromatic rings. The maximum Gasteiger partial charge on any atom is 0.0874 e. The van der Waals surface area contributed by atoms with Gasteiger partial charge in [0.2, 0.25) is 0 Å². The van der Waals surface area contributed by atoms with Crippen LogP contribution in [0.25, 0.3) is 0 Å². The molecule has 15 heavy (non-hydrogen) atoms. The summed E-state index contributed by atoms with van der Waals surface area (Å²) in [6.07, 6.45) is 0. The Kier molecular flexibility index (Phi) is 3.63. The van der Waals surface area contributed by atoms with Crippen molar-refractivity contribution in [2.75, 3.05) is 14.1 Å². The maximum atomic E-state index is 4.10. The van der Waals surface area contributed by atoms with Crippen molar-refractivity contribution in [1.82, 2.24) is 5.01 Å². The quantitative estimate of drug-likeness (QED) is 0.438. The van der Waals surface area contributed by atoms with Crippen LogP contribution in [0.1, 0.15) is 0 Å². The molecule has 0 radical (unpaired) electrons. The Labute approximate surface area is 92.8 Å². The Morgan fingerprint density at radius 1 is 1.00 bits per heavy atom. The molecule has 0 N–H and O–H groups in total. The van der Waals surface area contributed by atoms with Crippen LogP contribution < -0.4 is 5.19 Å². The predicted molar refractivity (Wildman–Crippen MR) is 67.6 cm³/mol. The first-order valence-corrected chi connectivity index (χ1v) is 8.59. The van der Waals surface area contributed by atoms with Crippen LogP contribution in [0.3, 0.4) is 0 Å². The summed E-state index contributed by atoms with van der Waals surface area (Å²) in [7, 11) is 2.54. The molecule has 0 aromatic heterocycles. The Morgan fingerprint density at radius 2 is 1.53 bits per heavy atom. The van der Waals surface area contributed by atoms with E-state index in [2.05, 4.69) is 42.1 Å². The highest BCUT2D eigenvalue weighted by atomic mass is 28.3. The van der Waals surface area contributed by atoms with E-state index >= 15 is 0 Å². The minimum absolute atomic E-state index is 0.908. The molecule has 0 saturated heterocycles. The molecule has 0 spiro atoms. The minimum Gasteiger partial charge on any atom is -0.285 e. The summed E-state index contributed by atoms with van der Waals surface area (Å²) in [6, 6.07) is 8.38. The van der Waals surface area contributed by atoms with Crippen molar-refractivity contribution in [2.45, 2.75) is 19.6 Å². The zero-order valence-electron chi connectivity index (χ0n) is 10.2. The number of nitrogens with zero attached hydrogens (tertiary/aromatic N) is 3. The lowest BCUT2D eigenvalue weighted by molar-refractivity contribution is 0.408. The Morgan fingerprint density at radius 3 is 1.93 bits per heavy atom. The summed E-state index contributed by atoms with van der Waals surface area (Å²) in [5, 5.41) is 11.2. The van der Waals surface area contributed by atoms with Crippen LogP contribution in [0.5, 0.6) is 0 Å². The smallest absolute Gasteiger partial charge is 0.0874 e. The number of benzene rings is 1. The second-order valence-corrected chi connectivity index (χ2v) is 9.91. The summed E-state index contributed by atoms with van der Waals surface area (Å²) in [4.78, 5) is 0. The van der Waals surface area contributed by atoms with Gasteiger partial charge in [0, 0.05) is 14.1 Å². The molecule has 0 heterocycles. The third kappa shape index (κ3) is 3.83. The van der Waals surface area contributed by atoms with E-state index in [1.165, 1.54) is 5.19 Å². The Bertz CT molecular complexity index is 336. The lowest BCUT2D eigenvalue weighted by Gasteiger charge is -2.16. The van der Waals surface area contributed by atoms with Crippen LogP contribution >= 0.6 is 0 Å². The molecule has 0 bridgehead atoms. The van der Waals surface area contributed by atoms with Crippen LogP contribution in [0.15, 0.2) is 34.6 Å². The van der Waals surface area contributed by atoms with Gasteiger partial charge >= 0.3 is 0 Å². The van der Waals surface area contributed by atoms with Gasteiger partial charge in [0.15, 0.2) is 0 Å². The molecule has 1 aromatic carbocycles. The van der Waals surface area contributed by atoms with E-state index in [0.717, 1.165) is 5.69 Å². The zero-order chi connectivity index (χ0) is 11.5. The minimum atomic E-state index is -1.18. The summed E-state index contributed by atoms with van der Waals surface area (Å²) in [6.45, 7) is 7.01. The fourth-order valence-corrected chi connectivity index (χ4v) is 2.34. The molecule has 0 fully saturated rings. The molecule has 0 aliphatic heterocycles. The average Bonchev–Trinajstić information content (AvgIpc) is 2.14. The fourth-order valence-electron chi connectivity index (χ4n) is 1.17. The van der Waals surface area contributed by atoms with E-state index in [9.17, 15) is 0 Å². The first-order valence-electron chi connectivity index (χ1n) is 5.09. The van der Waals surface area contributed by atoms with Gasteiger partial charge in [-0.1, -0.05) is 42.2 Å². The third-order valence-electron chi connectivity index (χ3n) is 2.07. The highest BCUT2D eigenvalue weighted by Gasteiger charge is 2.15. The fraction of sp³-hybridized carbons (Fsp3) is 0.455. The molecule has 3 nitrogen and oxygen atoms in total. The van der Waals surface area contributed by atoms with Gasteiger partial charge in [0.05, 0.1) is 13.8 Å². The number of rotatable bonds is 3. The van der Waals surface area contributed by atoms with Gasteiger partial charge in [-0.15, -0.1) is 5.11 Å². The highest BCUT2D eigenvalue weighted by Crippen LogP contribution is 2.12. The van der Waals surface area contributed by atoms with Crippen LogP contribution in [0, 0.1) is 0 Å². The van der Waals surface area contributed by atoms with E-state index in [0.29, 0.717) is 0 Å². The zero-order valence-corrected chi connectivity index (χ0v) is 11.2. The predicted octanol–water partition coefficient (Wildman–Crippen LogP) is 2.79. The van der Waals surface area contributed by atoms with Crippen molar-refractivity contribution in [3.05, 3.63) is 24.3 Å². The van der Waals surface area contributed by atoms with E-state index in [1.807, 2.05) is 26.2 Å². The van der Waals surface area contributed by atoms with Crippen LogP contribution in [-0.2, 0) is 0 Å². The van der Waals surface area contributed by atoms with Crippen LogP contribution in [0.2, 0.25) is 19.6 Å². The van der Waals surface area contributed by atoms with Gasteiger partial charge in [-0.3, -0.25) is 5.01 Å². The number of hydrogen-bond donors (Lipinski definition) is 0. The van der Waals surface area contributed by atoms with E-state index in [1.54, 1.807) is 5.01 Å². The molecule has 0 amide bonds. The van der Waals surface area contributed by atoms with Crippen LogP contribution in [-0.4, -0.2) is 27.2 Å². The molecule has 0 aliphatic carbocycles. The standard InChI is InChI=1S/C11H19N3Si/c1-14(2)13-12-10-6-8-11(9-7-10)15(3,4)5/h6-9H,1-5H3. The van der Waals surface area contributed by atoms with Crippen molar-refractivity contribution in [3.8, 4) is 0 Å². The van der Waals surface area contributed by atoms with E-state index < -0.39 is 8.07 Å². The Balaban J connectivity index is 2.82. The molecule has 0 aliphatic rings. The molecular weight excluding hydrogens is 202 g/mol. The molecule has 0 unspecified atom stereocenters. The second-order valence-electron chi connectivity index (χ2n) is 4.83. The van der Waals surface area contributed by atoms with Crippen molar-refractivity contribution in [2.24, 2.45) is 10.3 Å². The Hall–Kier alpha value is -1.16. The average molecular weight is 221 g/mol.